The Balaban J connectivity index is 1.77. The van der Waals surface area contributed by atoms with Gasteiger partial charge in [-0.05, 0) is 97.7 Å². The fraction of sp³-hybridized carbons (Fsp3) is 1.00. The second-order valence-electron chi connectivity index (χ2n) is 10.5. The molecule has 0 amide bonds. The smallest absolute Gasteiger partial charge is 0.0543 e. The standard InChI is InChI=1S/C22H38O/c1-5-22-11-6-10-19(22,2)13-14-21(4)18(22)8-7-16-15-17(23)9-12-20(16,21)3/h16-18,23H,5-15H2,1-4H3. The highest BCUT2D eigenvalue weighted by molar-refractivity contribution is 5.17. The Hall–Kier alpha value is -0.0400. The molecule has 0 bridgehead atoms. The summed E-state index contributed by atoms with van der Waals surface area (Å²) >= 11 is 0. The van der Waals surface area contributed by atoms with E-state index in [9.17, 15) is 5.11 Å². The molecule has 1 heteroatoms. The van der Waals surface area contributed by atoms with E-state index in [0.717, 1.165) is 24.7 Å². The molecule has 4 aliphatic carbocycles. The van der Waals surface area contributed by atoms with Gasteiger partial charge >= 0.3 is 0 Å². The molecule has 4 saturated carbocycles. The number of rotatable bonds is 1. The number of hydrogen-bond donors (Lipinski definition) is 1. The van der Waals surface area contributed by atoms with Crippen molar-refractivity contribution in [2.45, 2.75) is 104 Å². The Morgan fingerprint density at radius 1 is 0.870 bits per heavy atom. The normalized spacial score (nSPS) is 59.1. The van der Waals surface area contributed by atoms with E-state index < -0.39 is 0 Å². The summed E-state index contributed by atoms with van der Waals surface area (Å²) in [7, 11) is 0. The summed E-state index contributed by atoms with van der Waals surface area (Å²) in [4.78, 5) is 0. The van der Waals surface area contributed by atoms with E-state index in [1.807, 2.05) is 0 Å². The minimum atomic E-state index is -0.0197. The molecule has 0 spiro atoms. The molecule has 1 nitrogen and oxygen atoms in total. The van der Waals surface area contributed by atoms with Crippen LogP contribution < -0.4 is 0 Å². The van der Waals surface area contributed by atoms with Crippen LogP contribution in [0.2, 0.25) is 0 Å². The number of aliphatic hydroxyl groups is 1. The minimum absolute atomic E-state index is 0.0197. The van der Waals surface area contributed by atoms with E-state index in [1.54, 1.807) is 0 Å². The van der Waals surface area contributed by atoms with Crippen molar-refractivity contribution in [3.05, 3.63) is 0 Å². The van der Waals surface area contributed by atoms with E-state index in [2.05, 4.69) is 27.7 Å². The van der Waals surface area contributed by atoms with Crippen molar-refractivity contribution in [2.75, 3.05) is 0 Å². The lowest BCUT2D eigenvalue weighted by Crippen LogP contribution is -2.63. The first-order valence-corrected chi connectivity index (χ1v) is 10.5. The Kier molecular flexibility index (Phi) is 3.57. The molecule has 0 aromatic heterocycles. The lowest BCUT2D eigenvalue weighted by atomic mass is 9.35. The molecule has 23 heavy (non-hydrogen) atoms. The van der Waals surface area contributed by atoms with Crippen molar-refractivity contribution in [2.24, 2.45) is 33.5 Å². The summed E-state index contributed by atoms with van der Waals surface area (Å²) in [6.07, 6.45) is 14.9. The van der Waals surface area contributed by atoms with Gasteiger partial charge in [-0.25, -0.2) is 0 Å². The van der Waals surface area contributed by atoms with Crippen LogP contribution >= 0.6 is 0 Å². The zero-order chi connectivity index (χ0) is 16.5. The van der Waals surface area contributed by atoms with Crippen molar-refractivity contribution in [1.82, 2.24) is 0 Å². The number of aliphatic hydroxyl groups excluding tert-OH is 1. The van der Waals surface area contributed by atoms with Gasteiger partial charge in [-0.2, -0.15) is 0 Å². The van der Waals surface area contributed by atoms with Gasteiger partial charge in [-0.15, -0.1) is 0 Å². The molecule has 7 atom stereocenters. The quantitative estimate of drug-likeness (QED) is 0.633. The first-order chi connectivity index (χ1) is 10.8. The molecule has 132 valence electrons. The van der Waals surface area contributed by atoms with Crippen LogP contribution in [0.3, 0.4) is 0 Å². The predicted molar refractivity (Wildman–Crippen MR) is 96.2 cm³/mol. The van der Waals surface area contributed by atoms with Crippen LogP contribution in [-0.4, -0.2) is 11.2 Å². The molecule has 1 N–H and O–H groups in total. The summed E-state index contributed by atoms with van der Waals surface area (Å²) in [5.41, 5.74) is 2.21. The van der Waals surface area contributed by atoms with Crippen LogP contribution in [0, 0.1) is 33.5 Å². The molecule has 7 unspecified atom stereocenters. The van der Waals surface area contributed by atoms with Crippen LogP contribution in [-0.2, 0) is 0 Å². The lowest BCUT2D eigenvalue weighted by Gasteiger charge is -2.70. The molecule has 0 radical (unpaired) electrons. The third-order valence-corrected chi connectivity index (χ3v) is 10.4. The molecular formula is C22H38O. The van der Waals surface area contributed by atoms with Gasteiger partial charge in [0.1, 0.15) is 0 Å². The maximum Gasteiger partial charge on any atom is 0.0543 e. The van der Waals surface area contributed by atoms with Gasteiger partial charge < -0.3 is 5.11 Å². The summed E-state index contributed by atoms with van der Waals surface area (Å²) in [6.45, 7) is 10.4. The fourth-order valence-corrected chi connectivity index (χ4v) is 8.69. The molecular weight excluding hydrogens is 280 g/mol. The van der Waals surface area contributed by atoms with Crippen LogP contribution in [0.25, 0.3) is 0 Å². The monoisotopic (exact) mass is 318 g/mol. The molecule has 0 aliphatic heterocycles. The van der Waals surface area contributed by atoms with Crippen molar-refractivity contribution >= 4 is 0 Å². The summed E-state index contributed by atoms with van der Waals surface area (Å²) in [6, 6.07) is 0. The summed E-state index contributed by atoms with van der Waals surface area (Å²) < 4.78 is 0. The van der Waals surface area contributed by atoms with Gasteiger partial charge in [0.25, 0.3) is 0 Å². The Labute approximate surface area is 143 Å². The average Bonchev–Trinajstić information content (AvgIpc) is 2.87. The molecule has 0 heterocycles. The maximum absolute atomic E-state index is 10.2. The van der Waals surface area contributed by atoms with E-state index >= 15 is 0 Å². The van der Waals surface area contributed by atoms with Gasteiger partial charge in [0, 0.05) is 0 Å². The topological polar surface area (TPSA) is 20.2 Å². The molecule has 4 aliphatic rings. The van der Waals surface area contributed by atoms with E-state index in [4.69, 9.17) is 0 Å². The van der Waals surface area contributed by atoms with Gasteiger partial charge in [-0.3, -0.25) is 0 Å². The summed E-state index contributed by atoms with van der Waals surface area (Å²) in [5, 5.41) is 10.2. The highest BCUT2D eigenvalue weighted by Crippen LogP contribution is 2.76. The molecule has 4 rings (SSSR count). The Morgan fingerprint density at radius 2 is 1.65 bits per heavy atom. The molecule has 0 aromatic rings. The first kappa shape index (κ1) is 16.4. The highest BCUT2D eigenvalue weighted by Gasteiger charge is 2.68. The minimum Gasteiger partial charge on any atom is -0.393 e. The number of hydrogen-bond acceptors (Lipinski definition) is 1. The van der Waals surface area contributed by atoms with Crippen LogP contribution in [0.15, 0.2) is 0 Å². The first-order valence-electron chi connectivity index (χ1n) is 10.5. The van der Waals surface area contributed by atoms with Gasteiger partial charge in [-0.1, -0.05) is 34.1 Å². The van der Waals surface area contributed by atoms with Crippen LogP contribution in [0.1, 0.15) is 98.3 Å². The van der Waals surface area contributed by atoms with Crippen molar-refractivity contribution in [1.29, 1.82) is 0 Å². The lowest BCUT2D eigenvalue weighted by molar-refractivity contribution is -0.215. The third kappa shape index (κ3) is 1.84. The van der Waals surface area contributed by atoms with Gasteiger partial charge in [0.15, 0.2) is 0 Å². The third-order valence-electron chi connectivity index (χ3n) is 10.4. The molecule has 0 aromatic carbocycles. The fourth-order valence-electron chi connectivity index (χ4n) is 8.69. The van der Waals surface area contributed by atoms with Gasteiger partial charge in [0.05, 0.1) is 6.10 Å². The van der Waals surface area contributed by atoms with Crippen LogP contribution in [0.5, 0.6) is 0 Å². The largest absolute Gasteiger partial charge is 0.393 e. The van der Waals surface area contributed by atoms with E-state index in [1.165, 1.54) is 57.8 Å². The summed E-state index contributed by atoms with van der Waals surface area (Å²) in [5.74, 6) is 1.70. The predicted octanol–water partition coefficient (Wildman–Crippen LogP) is 5.95. The second-order valence-corrected chi connectivity index (χ2v) is 10.5. The van der Waals surface area contributed by atoms with Crippen molar-refractivity contribution in [3.63, 3.8) is 0 Å². The van der Waals surface area contributed by atoms with Crippen molar-refractivity contribution < 1.29 is 5.11 Å². The molecule has 0 saturated heterocycles. The SMILES string of the molecule is CCC12CCCC1(C)CCC1(C)C2CCC2CC(O)CCC21C. The average molecular weight is 319 g/mol. The highest BCUT2D eigenvalue weighted by atomic mass is 16.3. The zero-order valence-electron chi connectivity index (χ0n) is 16.0. The second kappa shape index (κ2) is 4.99. The van der Waals surface area contributed by atoms with E-state index in [0.29, 0.717) is 21.7 Å². The van der Waals surface area contributed by atoms with Crippen LogP contribution in [0.4, 0.5) is 0 Å². The van der Waals surface area contributed by atoms with Gasteiger partial charge in [0.2, 0.25) is 0 Å². The molecule has 4 fully saturated rings. The number of fused-ring (bicyclic) bond motifs is 5. The van der Waals surface area contributed by atoms with Crippen molar-refractivity contribution in [3.8, 4) is 0 Å². The Morgan fingerprint density at radius 3 is 2.39 bits per heavy atom. The maximum atomic E-state index is 10.2. The zero-order valence-corrected chi connectivity index (χ0v) is 16.0. The van der Waals surface area contributed by atoms with E-state index in [-0.39, 0.29) is 6.10 Å². The Bertz CT molecular complexity index is 486.